The van der Waals surface area contributed by atoms with Gasteiger partial charge in [0.1, 0.15) is 17.7 Å². The predicted molar refractivity (Wildman–Crippen MR) is 88.8 cm³/mol. The van der Waals surface area contributed by atoms with Crippen molar-refractivity contribution < 1.29 is 9.90 Å². The second-order valence-electron chi connectivity index (χ2n) is 6.18. The van der Waals surface area contributed by atoms with Crippen LogP contribution in [0.25, 0.3) is 0 Å². The van der Waals surface area contributed by atoms with E-state index in [0.29, 0.717) is 31.6 Å². The number of rotatable bonds is 5. The van der Waals surface area contributed by atoms with Crippen LogP contribution >= 0.6 is 0 Å². The van der Waals surface area contributed by atoms with Crippen LogP contribution < -0.4 is 10.2 Å². The third-order valence-corrected chi connectivity index (χ3v) is 4.24. The first-order valence-electron chi connectivity index (χ1n) is 8.06. The summed E-state index contributed by atoms with van der Waals surface area (Å²) in [6, 6.07) is 1.89. The molecular weight excluding hydrogens is 308 g/mol. The number of amides is 1. The van der Waals surface area contributed by atoms with Gasteiger partial charge in [0.2, 0.25) is 0 Å². The van der Waals surface area contributed by atoms with Gasteiger partial charge >= 0.3 is 0 Å². The number of hydrogen-bond acceptors (Lipinski definition) is 6. The second-order valence-corrected chi connectivity index (χ2v) is 6.18. The molecule has 1 atom stereocenters. The van der Waals surface area contributed by atoms with Crippen molar-refractivity contribution in [2.75, 3.05) is 24.5 Å². The fourth-order valence-electron chi connectivity index (χ4n) is 2.81. The van der Waals surface area contributed by atoms with Crippen LogP contribution in [0.1, 0.15) is 29.4 Å². The highest BCUT2D eigenvalue weighted by Gasteiger charge is 2.37. The average Bonchev–Trinajstić information content (AvgIpc) is 3.20. The molecule has 0 saturated carbocycles. The summed E-state index contributed by atoms with van der Waals surface area (Å²) in [5, 5.41) is 17.6. The molecule has 1 aliphatic heterocycles. The molecule has 8 heteroatoms. The van der Waals surface area contributed by atoms with Crippen LogP contribution in [0.2, 0.25) is 0 Å². The zero-order valence-electron chi connectivity index (χ0n) is 13.9. The Morgan fingerprint density at radius 2 is 2.29 bits per heavy atom. The summed E-state index contributed by atoms with van der Waals surface area (Å²) in [6.07, 6.45) is 5.33. The molecule has 8 nitrogen and oxygen atoms in total. The molecule has 0 spiro atoms. The smallest absolute Gasteiger partial charge is 0.254 e. The Balaban J connectivity index is 1.58. The third-order valence-electron chi connectivity index (χ3n) is 4.24. The van der Waals surface area contributed by atoms with Gasteiger partial charge in [0, 0.05) is 44.1 Å². The van der Waals surface area contributed by atoms with Crippen LogP contribution in [0.3, 0.4) is 0 Å². The molecule has 0 aliphatic carbocycles. The van der Waals surface area contributed by atoms with E-state index in [4.69, 9.17) is 0 Å². The van der Waals surface area contributed by atoms with Gasteiger partial charge in [-0.25, -0.2) is 9.97 Å². The number of aryl methyl sites for hydroxylation is 2. The summed E-state index contributed by atoms with van der Waals surface area (Å²) in [5.74, 6) is 0.577. The zero-order chi connectivity index (χ0) is 17.2. The van der Waals surface area contributed by atoms with E-state index < -0.39 is 5.60 Å². The summed E-state index contributed by atoms with van der Waals surface area (Å²) in [6.45, 7) is 5.90. The Hall–Kier alpha value is -2.48. The lowest BCUT2D eigenvalue weighted by atomic mass is 10.0. The highest BCUT2D eigenvalue weighted by atomic mass is 16.3. The van der Waals surface area contributed by atoms with Crippen molar-refractivity contribution in [1.29, 1.82) is 0 Å². The van der Waals surface area contributed by atoms with Gasteiger partial charge in [-0.05, 0) is 20.3 Å². The zero-order valence-corrected chi connectivity index (χ0v) is 13.9. The van der Waals surface area contributed by atoms with E-state index in [1.54, 1.807) is 10.9 Å². The topological polar surface area (TPSA) is 96.2 Å². The number of anilines is 1. The van der Waals surface area contributed by atoms with Crippen LogP contribution in [-0.2, 0) is 6.54 Å². The average molecular weight is 330 g/mol. The van der Waals surface area contributed by atoms with Gasteiger partial charge in [-0.1, -0.05) is 0 Å². The van der Waals surface area contributed by atoms with E-state index in [2.05, 4.69) is 20.4 Å². The third kappa shape index (κ3) is 3.53. The van der Waals surface area contributed by atoms with Crippen LogP contribution in [0.15, 0.2) is 24.8 Å². The number of nitrogens with zero attached hydrogens (tertiary/aromatic N) is 5. The Morgan fingerprint density at radius 1 is 1.46 bits per heavy atom. The van der Waals surface area contributed by atoms with E-state index in [9.17, 15) is 9.90 Å². The second kappa shape index (κ2) is 6.56. The maximum Gasteiger partial charge on any atom is 0.254 e. The Kier molecular flexibility index (Phi) is 4.48. The number of β-amino-alcohol motifs (C(OH)–C–C–N with tert-alkyl or cyclic N) is 1. The molecule has 2 aromatic rings. The molecule has 0 unspecified atom stereocenters. The number of carbonyl (C=O) groups is 1. The summed E-state index contributed by atoms with van der Waals surface area (Å²) in [7, 11) is 0. The van der Waals surface area contributed by atoms with Gasteiger partial charge in [0.05, 0.1) is 11.8 Å². The maximum absolute atomic E-state index is 12.2. The fourth-order valence-corrected chi connectivity index (χ4v) is 2.81. The van der Waals surface area contributed by atoms with Crippen molar-refractivity contribution in [1.82, 2.24) is 25.1 Å². The number of aliphatic hydroxyl groups is 1. The van der Waals surface area contributed by atoms with Crippen LogP contribution in [0.4, 0.5) is 5.82 Å². The minimum absolute atomic E-state index is 0.198. The minimum Gasteiger partial charge on any atom is -0.386 e. The molecule has 2 N–H and O–H groups in total. The molecule has 3 heterocycles. The molecule has 24 heavy (non-hydrogen) atoms. The maximum atomic E-state index is 12.2. The van der Waals surface area contributed by atoms with E-state index in [1.807, 2.05) is 24.8 Å². The van der Waals surface area contributed by atoms with E-state index in [1.165, 1.54) is 12.5 Å². The lowest BCUT2D eigenvalue weighted by Gasteiger charge is -2.24. The monoisotopic (exact) mass is 330 g/mol. The normalized spacial score (nSPS) is 20.4. The van der Waals surface area contributed by atoms with Gasteiger partial charge in [0.25, 0.3) is 5.91 Å². The summed E-state index contributed by atoms with van der Waals surface area (Å²) < 4.78 is 1.69. The first-order chi connectivity index (χ1) is 11.5. The van der Waals surface area contributed by atoms with Crippen molar-refractivity contribution >= 4 is 11.7 Å². The summed E-state index contributed by atoms with van der Waals surface area (Å²) >= 11 is 0. The van der Waals surface area contributed by atoms with Gasteiger partial charge in [-0.3, -0.25) is 9.48 Å². The van der Waals surface area contributed by atoms with Crippen molar-refractivity contribution in [3.05, 3.63) is 36.0 Å². The van der Waals surface area contributed by atoms with Crippen molar-refractivity contribution in [3.63, 3.8) is 0 Å². The Morgan fingerprint density at radius 3 is 3.00 bits per heavy atom. The molecule has 2 aromatic heterocycles. The largest absolute Gasteiger partial charge is 0.386 e. The highest BCUT2D eigenvalue weighted by Crippen LogP contribution is 2.25. The molecule has 1 fully saturated rings. The molecule has 0 bridgehead atoms. The Bertz CT molecular complexity index is 731. The van der Waals surface area contributed by atoms with Crippen molar-refractivity contribution in [2.24, 2.45) is 0 Å². The van der Waals surface area contributed by atoms with E-state index in [0.717, 1.165) is 11.5 Å². The number of carbonyl (C=O) groups excluding carboxylic acids is 1. The van der Waals surface area contributed by atoms with E-state index >= 15 is 0 Å². The predicted octanol–water partition coefficient (Wildman–Crippen LogP) is 0.373. The van der Waals surface area contributed by atoms with Gasteiger partial charge in [0.15, 0.2) is 0 Å². The SMILES string of the molecule is CCn1cc(C(=O)NC[C@]2(O)CCN(c3cc(C)ncn3)C2)cn1. The molecule has 1 saturated heterocycles. The summed E-state index contributed by atoms with van der Waals surface area (Å²) in [4.78, 5) is 22.5. The molecule has 0 aromatic carbocycles. The molecule has 128 valence electrons. The molecule has 0 radical (unpaired) electrons. The van der Waals surface area contributed by atoms with E-state index in [-0.39, 0.29) is 12.5 Å². The molecular formula is C16H22N6O2. The van der Waals surface area contributed by atoms with Crippen LogP contribution in [0.5, 0.6) is 0 Å². The number of nitrogens with one attached hydrogen (secondary N) is 1. The lowest BCUT2D eigenvalue weighted by molar-refractivity contribution is 0.0575. The van der Waals surface area contributed by atoms with Crippen LogP contribution in [-0.4, -0.2) is 56.0 Å². The lowest BCUT2D eigenvalue weighted by Crippen LogP contribution is -2.45. The molecule has 1 aliphatic rings. The fraction of sp³-hybridized carbons (Fsp3) is 0.500. The summed E-state index contributed by atoms with van der Waals surface area (Å²) in [5.41, 5.74) is 0.424. The standard InChI is InChI=1S/C16H22N6O2/c1-3-22-8-13(7-20-22)15(23)17-9-16(24)4-5-21(10-16)14-6-12(2)18-11-19-14/h6-8,11,24H,3-5,9-10H2,1-2H3,(H,17,23)/t16-/m1/s1. The van der Waals surface area contributed by atoms with Gasteiger partial charge < -0.3 is 15.3 Å². The van der Waals surface area contributed by atoms with Gasteiger partial charge in [-0.2, -0.15) is 5.10 Å². The highest BCUT2D eigenvalue weighted by molar-refractivity contribution is 5.93. The quantitative estimate of drug-likeness (QED) is 0.822. The van der Waals surface area contributed by atoms with Crippen molar-refractivity contribution in [3.8, 4) is 0 Å². The Labute approximate surface area is 140 Å². The van der Waals surface area contributed by atoms with Crippen molar-refractivity contribution in [2.45, 2.75) is 32.4 Å². The minimum atomic E-state index is -0.963. The van der Waals surface area contributed by atoms with Gasteiger partial charge in [-0.15, -0.1) is 0 Å². The first kappa shape index (κ1) is 16.4. The molecule has 1 amide bonds. The molecule has 3 rings (SSSR count). The first-order valence-corrected chi connectivity index (χ1v) is 8.06. The van der Waals surface area contributed by atoms with Crippen LogP contribution in [0, 0.1) is 6.92 Å². The number of hydrogen-bond donors (Lipinski definition) is 2. The number of aromatic nitrogens is 4.